The molecule has 3 amide bonds. The number of aromatic hydroxyl groups is 1. The van der Waals surface area contributed by atoms with Crippen molar-refractivity contribution in [2.24, 2.45) is 0 Å². The van der Waals surface area contributed by atoms with E-state index in [9.17, 15) is 27.9 Å². The molecule has 0 spiro atoms. The van der Waals surface area contributed by atoms with Crippen molar-refractivity contribution in [3.05, 3.63) is 91.6 Å². The molecular weight excluding hydrogens is 577 g/mol. The molecule has 0 aliphatic heterocycles. The third-order valence-electron chi connectivity index (χ3n) is 4.93. The number of hydrogen-bond acceptors (Lipinski definition) is 8. The SMILES string of the molecule is O=C(Nc1ccsc1-c1nc(C(=O)NCc2cccc(Cl)c2)c(O)c(=O)[nH]1)NS(=O)(=O)c1ccccc1Cl. The number of urea groups is 1. The zero-order valence-corrected chi connectivity index (χ0v) is 22.1. The number of carbonyl (C=O) groups is 2. The first-order valence-corrected chi connectivity index (χ1v) is 13.7. The lowest BCUT2D eigenvalue weighted by Crippen LogP contribution is -2.34. The average Bonchev–Trinajstić information content (AvgIpc) is 3.31. The molecule has 0 saturated heterocycles. The summed E-state index contributed by atoms with van der Waals surface area (Å²) in [5, 5.41) is 17.0. The smallest absolute Gasteiger partial charge is 0.333 e. The van der Waals surface area contributed by atoms with Crippen molar-refractivity contribution >= 4 is 62.2 Å². The molecule has 38 heavy (non-hydrogen) atoms. The molecule has 5 N–H and O–H groups in total. The lowest BCUT2D eigenvalue weighted by atomic mass is 10.2. The molecule has 0 bridgehead atoms. The Morgan fingerprint density at radius 3 is 2.58 bits per heavy atom. The molecule has 0 radical (unpaired) electrons. The van der Waals surface area contributed by atoms with Gasteiger partial charge in [-0.05, 0) is 41.3 Å². The van der Waals surface area contributed by atoms with Gasteiger partial charge in [0, 0.05) is 11.6 Å². The van der Waals surface area contributed by atoms with Crippen LogP contribution in [-0.2, 0) is 16.6 Å². The average molecular weight is 594 g/mol. The first kappa shape index (κ1) is 27.1. The molecule has 196 valence electrons. The van der Waals surface area contributed by atoms with Crippen LogP contribution in [0.3, 0.4) is 0 Å². The Bertz CT molecular complexity index is 1700. The highest BCUT2D eigenvalue weighted by Gasteiger charge is 2.23. The van der Waals surface area contributed by atoms with Gasteiger partial charge in [0.25, 0.3) is 21.5 Å². The molecular formula is C23H17Cl2N5O6S2. The summed E-state index contributed by atoms with van der Waals surface area (Å²) in [6.07, 6.45) is 0. The highest BCUT2D eigenvalue weighted by Crippen LogP contribution is 2.32. The van der Waals surface area contributed by atoms with E-state index in [1.54, 1.807) is 29.6 Å². The fraction of sp³-hybridized carbons (Fsp3) is 0.0435. The van der Waals surface area contributed by atoms with Crippen molar-refractivity contribution in [3.63, 3.8) is 0 Å². The molecule has 0 fully saturated rings. The van der Waals surface area contributed by atoms with Gasteiger partial charge in [0.1, 0.15) is 4.90 Å². The fourth-order valence-corrected chi connectivity index (χ4v) is 5.66. The number of rotatable bonds is 7. The van der Waals surface area contributed by atoms with Gasteiger partial charge in [0.2, 0.25) is 5.75 Å². The molecule has 0 saturated carbocycles. The second-order valence-electron chi connectivity index (χ2n) is 7.58. The third kappa shape index (κ3) is 6.14. The van der Waals surface area contributed by atoms with Gasteiger partial charge in [0.05, 0.1) is 15.6 Å². The lowest BCUT2D eigenvalue weighted by Gasteiger charge is -2.11. The molecule has 2 aromatic carbocycles. The van der Waals surface area contributed by atoms with Gasteiger partial charge >= 0.3 is 6.03 Å². The molecule has 0 atom stereocenters. The Labute approximate surface area is 229 Å². The lowest BCUT2D eigenvalue weighted by molar-refractivity contribution is 0.0942. The summed E-state index contributed by atoms with van der Waals surface area (Å²) in [6, 6.07) is 12.6. The Hall–Kier alpha value is -3.91. The minimum atomic E-state index is -4.29. The van der Waals surface area contributed by atoms with Gasteiger partial charge in [-0.3, -0.25) is 9.59 Å². The first-order chi connectivity index (χ1) is 18.0. The van der Waals surface area contributed by atoms with E-state index >= 15 is 0 Å². The third-order valence-corrected chi connectivity index (χ3v) is 7.92. The van der Waals surface area contributed by atoms with Gasteiger partial charge in [-0.25, -0.2) is 22.9 Å². The largest absolute Gasteiger partial charge is 0.501 e. The number of benzene rings is 2. The molecule has 0 aliphatic carbocycles. The van der Waals surface area contributed by atoms with E-state index < -0.39 is 39.0 Å². The zero-order valence-electron chi connectivity index (χ0n) is 19.0. The standard InChI is InChI=1S/C23H17Cl2N5O6S2/c24-13-5-3-4-12(10-13)11-26-21(32)17-18(31)22(33)29-20(28-17)19-15(8-9-37-19)27-23(34)30-38(35,36)16-7-2-1-6-14(16)25/h1-10,31H,11H2,(H,26,32)(H2,27,30,34)(H,28,29,33). The van der Waals surface area contributed by atoms with Crippen LogP contribution in [0.15, 0.2) is 69.7 Å². The van der Waals surface area contributed by atoms with Crippen molar-refractivity contribution in [2.75, 3.05) is 5.32 Å². The molecule has 2 aromatic heterocycles. The number of amides is 3. The van der Waals surface area contributed by atoms with E-state index in [2.05, 4.69) is 20.6 Å². The van der Waals surface area contributed by atoms with E-state index in [4.69, 9.17) is 23.2 Å². The molecule has 4 rings (SSSR count). The molecule has 4 aromatic rings. The van der Waals surface area contributed by atoms with Gasteiger partial charge in [-0.1, -0.05) is 47.5 Å². The summed E-state index contributed by atoms with van der Waals surface area (Å²) < 4.78 is 26.9. The van der Waals surface area contributed by atoms with Crippen molar-refractivity contribution in [2.45, 2.75) is 11.4 Å². The molecule has 0 aliphatic rings. The maximum atomic E-state index is 12.7. The molecule has 0 unspecified atom stereocenters. The number of H-pyrrole nitrogens is 1. The van der Waals surface area contributed by atoms with Crippen molar-refractivity contribution in [1.29, 1.82) is 0 Å². The maximum Gasteiger partial charge on any atom is 0.333 e. The van der Waals surface area contributed by atoms with Crippen LogP contribution in [0.4, 0.5) is 10.5 Å². The highest BCUT2D eigenvalue weighted by molar-refractivity contribution is 7.90. The van der Waals surface area contributed by atoms with Crippen LogP contribution >= 0.6 is 34.5 Å². The Kier molecular flexibility index (Phi) is 8.02. The van der Waals surface area contributed by atoms with Crippen molar-refractivity contribution < 1.29 is 23.1 Å². The molecule has 2 heterocycles. The van der Waals surface area contributed by atoms with Crippen molar-refractivity contribution in [3.8, 4) is 16.5 Å². The van der Waals surface area contributed by atoms with Crippen LogP contribution in [0.5, 0.6) is 5.75 Å². The topological polar surface area (TPSA) is 170 Å². The van der Waals surface area contributed by atoms with E-state index in [1.807, 2.05) is 4.72 Å². The van der Waals surface area contributed by atoms with Crippen LogP contribution in [0, 0.1) is 0 Å². The van der Waals surface area contributed by atoms with Crippen LogP contribution in [-0.4, -0.2) is 35.4 Å². The van der Waals surface area contributed by atoms with Gasteiger partial charge in [-0.2, -0.15) is 0 Å². The quantitative estimate of drug-likeness (QED) is 0.216. The minimum absolute atomic E-state index is 0.0501. The highest BCUT2D eigenvalue weighted by atomic mass is 35.5. The number of halogens is 2. The number of nitrogens with zero attached hydrogens (tertiary/aromatic N) is 1. The monoisotopic (exact) mass is 593 g/mol. The predicted molar refractivity (Wildman–Crippen MR) is 143 cm³/mol. The fourth-order valence-electron chi connectivity index (χ4n) is 3.22. The van der Waals surface area contributed by atoms with Crippen molar-refractivity contribution in [1.82, 2.24) is 20.0 Å². The van der Waals surface area contributed by atoms with E-state index in [-0.39, 0.29) is 32.9 Å². The summed E-state index contributed by atoms with van der Waals surface area (Å²) >= 11 is 12.9. The Morgan fingerprint density at radius 2 is 1.84 bits per heavy atom. The number of thiophene rings is 1. The van der Waals surface area contributed by atoms with Gasteiger partial charge < -0.3 is 20.7 Å². The van der Waals surface area contributed by atoms with Crippen LogP contribution < -0.4 is 20.9 Å². The minimum Gasteiger partial charge on any atom is -0.501 e. The van der Waals surface area contributed by atoms with E-state index in [0.717, 1.165) is 11.3 Å². The number of anilines is 1. The Balaban J connectivity index is 1.55. The van der Waals surface area contributed by atoms with Gasteiger partial charge in [0.15, 0.2) is 11.5 Å². The number of nitrogens with one attached hydrogen (secondary N) is 4. The van der Waals surface area contributed by atoms with Crippen LogP contribution in [0.1, 0.15) is 16.1 Å². The number of aromatic amines is 1. The number of hydrogen-bond donors (Lipinski definition) is 5. The maximum absolute atomic E-state index is 12.7. The molecule has 15 heteroatoms. The summed E-state index contributed by atoms with van der Waals surface area (Å²) in [4.78, 5) is 43.9. The summed E-state index contributed by atoms with van der Waals surface area (Å²) in [7, 11) is -4.29. The number of sulfonamides is 1. The van der Waals surface area contributed by atoms with E-state index in [0.29, 0.717) is 10.6 Å². The predicted octanol–water partition coefficient (Wildman–Crippen LogP) is 3.95. The molecule has 11 nitrogen and oxygen atoms in total. The summed E-state index contributed by atoms with van der Waals surface area (Å²) in [5.74, 6) is -1.86. The van der Waals surface area contributed by atoms with Crippen LogP contribution in [0.25, 0.3) is 10.7 Å². The van der Waals surface area contributed by atoms with E-state index in [1.165, 1.54) is 30.3 Å². The summed E-state index contributed by atoms with van der Waals surface area (Å²) in [6.45, 7) is 0.0501. The zero-order chi connectivity index (χ0) is 27.4. The van der Waals surface area contributed by atoms with Gasteiger partial charge in [-0.15, -0.1) is 11.3 Å². The Morgan fingerprint density at radius 1 is 1.08 bits per heavy atom. The first-order valence-electron chi connectivity index (χ1n) is 10.6. The normalized spacial score (nSPS) is 11.1. The van der Waals surface area contributed by atoms with Crippen LogP contribution in [0.2, 0.25) is 10.0 Å². The number of carbonyl (C=O) groups excluding carboxylic acids is 2. The number of aromatic nitrogens is 2. The second-order valence-corrected chi connectivity index (χ2v) is 11.0. The second kappa shape index (κ2) is 11.2. The summed E-state index contributed by atoms with van der Waals surface area (Å²) in [5.41, 5.74) is -0.775.